The Bertz CT molecular complexity index is 4070. The molecule has 5 nitrogen and oxygen atoms in total. The number of imidazole rings is 2. The molecule has 0 aliphatic rings. The summed E-state index contributed by atoms with van der Waals surface area (Å²) in [6.07, 6.45) is 0. The molecule has 0 bridgehead atoms. The van der Waals surface area contributed by atoms with E-state index >= 15 is 0 Å². The van der Waals surface area contributed by atoms with Gasteiger partial charge in [0.05, 0.1) is 44.1 Å². The van der Waals surface area contributed by atoms with E-state index in [-0.39, 0.29) is 0 Å². The van der Waals surface area contributed by atoms with Crippen molar-refractivity contribution in [3.05, 3.63) is 249 Å². The van der Waals surface area contributed by atoms with Gasteiger partial charge in [-0.1, -0.05) is 164 Å². The second kappa shape index (κ2) is 14.7. The van der Waals surface area contributed by atoms with Gasteiger partial charge in [0.1, 0.15) is 0 Å². The van der Waals surface area contributed by atoms with Crippen LogP contribution in [0.4, 0.5) is 0 Å². The summed E-state index contributed by atoms with van der Waals surface area (Å²) in [5, 5.41) is 10.2. The van der Waals surface area contributed by atoms with E-state index in [9.17, 15) is 0 Å². The van der Waals surface area contributed by atoms with Crippen molar-refractivity contribution in [2.24, 2.45) is 0 Å². The molecule has 314 valence electrons. The molecule has 67 heavy (non-hydrogen) atoms. The fourth-order valence-electron chi connectivity index (χ4n) is 11.3. The first-order valence-corrected chi connectivity index (χ1v) is 25.0. The Morgan fingerprint density at radius 2 is 0.687 bits per heavy atom. The molecule has 0 amide bonds. The summed E-state index contributed by atoms with van der Waals surface area (Å²) in [7, 11) is -2.82. The summed E-state index contributed by atoms with van der Waals surface area (Å²) in [5.41, 5.74) is 12.3. The maximum absolute atomic E-state index is 5.26. The van der Waals surface area contributed by atoms with Crippen LogP contribution in [-0.4, -0.2) is 31.2 Å². The van der Waals surface area contributed by atoms with Gasteiger partial charge >= 0.3 is 0 Å². The maximum Gasteiger partial charge on any atom is 0.220 e. The SMILES string of the molecule is c1ccc([Si](c2ccccc2)(c2ccccc2)c2cccc(-n3c4ccc(-n5c6ccccc6c6ccccc65)cc4c4cc(-n5c6ccccc6n6c7ccccc7nc56)ccc43)c2)cc1. The van der Waals surface area contributed by atoms with Crippen molar-refractivity contribution in [3.8, 4) is 17.1 Å². The molecule has 4 aromatic heterocycles. The second-order valence-electron chi connectivity index (χ2n) is 17.6. The minimum Gasteiger partial charge on any atom is -0.309 e. The molecule has 14 aromatic rings. The summed E-state index contributed by atoms with van der Waals surface area (Å²) >= 11 is 0. The van der Waals surface area contributed by atoms with Crippen LogP contribution in [0.5, 0.6) is 0 Å². The molecule has 0 atom stereocenters. The molecule has 0 spiro atoms. The number of para-hydroxylation sites is 6. The third-order valence-electron chi connectivity index (χ3n) is 14.1. The quantitative estimate of drug-likeness (QED) is 0.116. The van der Waals surface area contributed by atoms with E-state index < -0.39 is 8.07 Å². The van der Waals surface area contributed by atoms with Crippen LogP contribution in [0.1, 0.15) is 0 Å². The molecule has 0 fully saturated rings. The fraction of sp³-hybridized carbons (Fsp3) is 0. The number of hydrogen-bond acceptors (Lipinski definition) is 1. The third-order valence-corrected chi connectivity index (χ3v) is 18.9. The Hall–Kier alpha value is -8.71. The van der Waals surface area contributed by atoms with Crippen molar-refractivity contribution in [1.29, 1.82) is 0 Å². The van der Waals surface area contributed by atoms with Gasteiger partial charge in [-0.25, -0.2) is 4.98 Å². The Kier molecular flexibility index (Phi) is 8.23. The highest BCUT2D eigenvalue weighted by atomic mass is 28.3. The molecule has 0 radical (unpaired) electrons. The minimum atomic E-state index is -2.82. The molecule has 0 saturated heterocycles. The zero-order valence-electron chi connectivity index (χ0n) is 36.4. The molecule has 0 aliphatic carbocycles. The normalized spacial score (nSPS) is 12.2. The summed E-state index contributed by atoms with van der Waals surface area (Å²) in [6.45, 7) is 0. The van der Waals surface area contributed by atoms with Crippen LogP contribution in [0.3, 0.4) is 0 Å². The Balaban J connectivity index is 1.06. The summed E-state index contributed by atoms with van der Waals surface area (Å²) in [4.78, 5) is 5.26. The predicted molar refractivity (Wildman–Crippen MR) is 282 cm³/mol. The second-order valence-corrected chi connectivity index (χ2v) is 21.4. The van der Waals surface area contributed by atoms with Gasteiger partial charge in [0, 0.05) is 38.6 Å². The average Bonchev–Trinajstić information content (AvgIpc) is 4.13. The maximum atomic E-state index is 5.26. The van der Waals surface area contributed by atoms with E-state index in [0.29, 0.717) is 0 Å². The Morgan fingerprint density at radius 1 is 0.269 bits per heavy atom. The number of fused-ring (bicyclic) bond motifs is 11. The largest absolute Gasteiger partial charge is 0.309 e. The van der Waals surface area contributed by atoms with Crippen molar-refractivity contribution in [2.45, 2.75) is 0 Å². The molecular weight excluding hydrogens is 831 g/mol. The van der Waals surface area contributed by atoms with E-state index in [2.05, 4.69) is 267 Å². The number of benzene rings is 10. The van der Waals surface area contributed by atoms with Crippen molar-refractivity contribution >= 4 is 100 Å². The third kappa shape index (κ3) is 5.45. The minimum absolute atomic E-state index is 0.896. The first-order chi connectivity index (χ1) is 33.3. The van der Waals surface area contributed by atoms with E-state index in [4.69, 9.17) is 4.98 Å². The zero-order valence-corrected chi connectivity index (χ0v) is 37.4. The predicted octanol–water partition coefficient (Wildman–Crippen LogP) is 12.0. The van der Waals surface area contributed by atoms with Crippen molar-refractivity contribution in [3.63, 3.8) is 0 Å². The summed E-state index contributed by atoms with van der Waals surface area (Å²) in [6, 6.07) is 91.6. The molecule has 0 N–H and O–H groups in total. The molecule has 6 heteroatoms. The highest BCUT2D eigenvalue weighted by Gasteiger charge is 2.41. The van der Waals surface area contributed by atoms with Crippen LogP contribution >= 0.6 is 0 Å². The molecule has 4 heterocycles. The van der Waals surface area contributed by atoms with Crippen molar-refractivity contribution in [2.75, 3.05) is 0 Å². The van der Waals surface area contributed by atoms with E-state index in [0.717, 1.165) is 55.9 Å². The average molecular weight is 872 g/mol. The van der Waals surface area contributed by atoms with Crippen LogP contribution in [0.15, 0.2) is 249 Å². The highest BCUT2D eigenvalue weighted by molar-refractivity contribution is 7.19. The Morgan fingerprint density at radius 3 is 1.25 bits per heavy atom. The molecule has 14 rings (SSSR count). The molecule has 0 unspecified atom stereocenters. The topological polar surface area (TPSA) is 32.1 Å². The van der Waals surface area contributed by atoms with Crippen molar-refractivity contribution < 1.29 is 0 Å². The van der Waals surface area contributed by atoms with Gasteiger partial charge in [0.2, 0.25) is 5.78 Å². The van der Waals surface area contributed by atoms with Crippen molar-refractivity contribution in [1.82, 2.24) is 23.1 Å². The van der Waals surface area contributed by atoms with Crippen LogP contribution in [-0.2, 0) is 0 Å². The van der Waals surface area contributed by atoms with Crippen LogP contribution in [0.2, 0.25) is 0 Å². The number of rotatable bonds is 7. The molecular formula is C61H41N5Si. The van der Waals surface area contributed by atoms with Gasteiger partial charge in [0.25, 0.3) is 0 Å². The van der Waals surface area contributed by atoms with Gasteiger partial charge in [0.15, 0.2) is 8.07 Å². The van der Waals surface area contributed by atoms with Gasteiger partial charge < -0.3 is 9.13 Å². The van der Waals surface area contributed by atoms with E-state index in [1.165, 1.54) is 53.3 Å². The van der Waals surface area contributed by atoms with Crippen LogP contribution in [0.25, 0.3) is 88.5 Å². The van der Waals surface area contributed by atoms with Gasteiger partial charge in [-0.15, -0.1) is 0 Å². The lowest BCUT2D eigenvalue weighted by Crippen LogP contribution is -2.74. The lowest BCUT2D eigenvalue weighted by Gasteiger charge is -2.34. The highest BCUT2D eigenvalue weighted by Crippen LogP contribution is 2.39. The molecule has 0 saturated carbocycles. The summed E-state index contributed by atoms with van der Waals surface area (Å²) < 4.78 is 9.54. The van der Waals surface area contributed by atoms with Gasteiger partial charge in [-0.05, 0) is 106 Å². The number of nitrogens with zero attached hydrogens (tertiary/aromatic N) is 5. The van der Waals surface area contributed by atoms with Gasteiger partial charge in [-0.3, -0.25) is 8.97 Å². The molecule has 10 aromatic carbocycles. The number of aromatic nitrogens is 5. The Labute approximate surface area is 387 Å². The summed E-state index contributed by atoms with van der Waals surface area (Å²) in [5.74, 6) is 0.896. The van der Waals surface area contributed by atoms with Crippen LogP contribution in [0, 0.1) is 0 Å². The smallest absolute Gasteiger partial charge is 0.220 e. The first kappa shape index (κ1) is 37.6. The fourth-order valence-corrected chi connectivity index (χ4v) is 16.1. The van der Waals surface area contributed by atoms with E-state index in [1.54, 1.807) is 0 Å². The molecule has 0 aliphatic heterocycles. The van der Waals surface area contributed by atoms with Gasteiger partial charge in [-0.2, -0.15) is 0 Å². The zero-order chi connectivity index (χ0) is 44.1. The standard InChI is InChI=1S/C61H41N5Si/c1-4-20-45(21-5-1)67(46-22-6-2-7-23-46,47-24-8-3-9-25-47)48-26-18-19-42(39-48)63-56-37-35-43(64-54-30-13-10-27-49(54)50-28-11-14-31-55(50)64)40-51(56)52-41-44(36-38-57(52)63)65-59-33-16-17-34-60(59)66-58-32-15-12-29-53(58)62-61(65)66/h1-41H. The lowest BCUT2D eigenvalue weighted by atomic mass is 10.1. The number of hydrogen-bond donors (Lipinski definition) is 0. The van der Waals surface area contributed by atoms with Crippen LogP contribution < -0.4 is 20.7 Å². The monoisotopic (exact) mass is 871 g/mol. The first-order valence-electron chi connectivity index (χ1n) is 23.0. The van der Waals surface area contributed by atoms with E-state index in [1.807, 2.05) is 0 Å². The lowest BCUT2D eigenvalue weighted by molar-refractivity contribution is 1.11.